The molecule has 3 heteroatoms. The van der Waals surface area contributed by atoms with Gasteiger partial charge in [0, 0.05) is 17.7 Å². The SMILES string of the molecule is c1coc(Cc2ccsc2Cc2ccco2)c1. The summed E-state index contributed by atoms with van der Waals surface area (Å²) in [5.74, 6) is 2.01. The molecule has 3 heterocycles. The van der Waals surface area contributed by atoms with E-state index in [1.165, 1.54) is 10.4 Å². The summed E-state index contributed by atoms with van der Waals surface area (Å²) in [6.07, 6.45) is 5.15. The van der Waals surface area contributed by atoms with E-state index in [1.807, 2.05) is 24.3 Å². The molecule has 0 aliphatic carbocycles. The molecular weight excluding hydrogens is 232 g/mol. The molecule has 0 unspecified atom stereocenters. The van der Waals surface area contributed by atoms with Crippen LogP contribution in [0, 0.1) is 0 Å². The molecule has 0 saturated carbocycles. The molecule has 0 aromatic carbocycles. The Labute approximate surface area is 104 Å². The predicted octanol–water partition coefficient (Wildman–Crippen LogP) is 4.12. The second kappa shape index (κ2) is 4.63. The van der Waals surface area contributed by atoms with Crippen LogP contribution in [0.2, 0.25) is 0 Å². The molecule has 0 amide bonds. The number of thiophene rings is 1. The Morgan fingerprint density at radius 2 is 1.59 bits per heavy atom. The van der Waals surface area contributed by atoms with Gasteiger partial charge in [0.15, 0.2) is 0 Å². The lowest BCUT2D eigenvalue weighted by molar-refractivity contribution is 0.516. The zero-order valence-corrected chi connectivity index (χ0v) is 10.1. The molecular formula is C14H12O2S. The number of rotatable bonds is 4. The van der Waals surface area contributed by atoms with E-state index in [4.69, 9.17) is 8.83 Å². The summed E-state index contributed by atoms with van der Waals surface area (Å²) in [5, 5.41) is 2.12. The van der Waals surface area contributed by atoms with Gasteiger partial charge in [-0.15, -0.1) is 11.3 Å². The highest BCUT2D eigenvalue weighted by Gasteiger charge is 2.08. The third-order valence-electron chi connectivity index (χ3n) is 2.70. The minimum absolute atomic E-state index is 0.854. The Balaban J connectivity index is 1.79. The fourth-order valence-corrected chi connectivity index (χ4v) is 2.77. The van der Waals surface area contributed by atoms with Gasteiger partial charge in [-0.3, -0.25) is 0 Å². The van der Waals surface area contributed by atoms with Crippen molar-refractivity contribution in [1.29, 1.82) is 0 Å². The van der Waals surface area contributed by atoms with Crippen molar-refractivity contribution in [2.75, 3.05) is 0 Å². The van der Waals surface area contributed by atoms with Crippen molar-refractivity contribution in [2.45, 2.75) is 12.8 Å². The van der Waals surface area contributed by atoms with Crippen LogP contribution in [0.4, 0.5) is 0 Å². The fourth-order valence-electron chi connectivity index (χ4n) is 1.85. The van der Waals surface area contributed by atoms with Crippen LogP contribution >= 0.6 is 11.3 Å². The molecule has 17 heavy (non-hydrogen) atoms. The Hall–Kier alpha value is -1.74. The van der Waals surface area contributed by atoms with Gasteiger partial charge in [0.1, 0.15) is 11.5 Å². The molecule has 3 aromatic heterocycles. The topological polar surface area (TPSA) is 26.3 Å². The van der Waals surface area contributed by atoms with E-state index in [0.29, 0.717) is 0 Å². The lowest BCUT2D eigenvalue weighted by atomic mass is 10.1. The van der Waals surface area contributed by atoms with Gasteiger partial charge < -0.3 is 8.83 Å². The smallest absolute Gasteiger partial charge is 0.108 e. The summed E-state index contributed by atoms with van der Waals surface area (Å²) in [5.41, 5.74) is 1.32. The predicted molar refractivity (Wildman–Crippen MR) is 67.3 cm³/mol. The van der Waals surface area contributed by atoms with Crippen LogP contribution in [-0.2, 0) is 12.8 Å². The standard InChI is InChI=1S/C14H12O2S/c1-3-12(15-6-1)9-11-5-8-17-14(11)10-13-4-2-7-16-13/h1-8H,9-10H2. The zero-order chi connectivity index (χ0) is 11.5. The molecule has 0 aliphatic rings. The van der Waals surface area contributed by atoms with Gasteiger partial charge in [-0.05, 0) is 41.3 Å². The number of hydrogen-bond acceptors (Lipinski definition) is 3. The van der Waals surface area contributed by atoms with Gasteiger partial charge in [0.25, 0.3) is 0 Å². The van der Waals surface area contributed by atoms with Crippen LogP contribution in [0.1, 0.15) is 22.0 Å². The molecule has 86 valence electrons. The first kappa shape index (κ1) is 10.4. The average molecular weight is 244 g/mol. The van der Waals surface area contributed by atoms with Crippen molar-refractivity contribution in [3.63, 3.8) is 0 Å². The Morgan fingerprint density at radius 3 is 2.24 bits per heavy atom. The molecule has 2 nitrogen and oxygen atoms in total. The minimum atomic E-state index is 0.854. The van der Waals surface area contributed by atoms with Crippen LogP contribution in [0.5, 0.6) is 0 Å². The molecule has 3 aromatic rings. The van der Waals surface area contributed by atoms with Crippen LogP contribution in [0.15, 0.2) is 57.1 Å². The summed E-state index contributed by atoms with van der Waals surface area (Å²) in [6.45, 7) is 0. The lowest BCUT2D eigenvalue weighted by Gasteiger charge is -2.00. The average Bonchev–Trinajstić information content (AvgIpc) is 3.04. The van der Waals surface area contributed by atoms with Gasteiger partial charge in [-0.2, -0.15) is 0 Å². The quantitative estimate of drug-likeness (QED) is 0.690. The number of furan rings is 2. The number of hydrogen-bond donors (Lipinski definition) is 0. The molecule has 0 fully saturated rings. The fraction of sp³-hybridized carbons (Fsp3) is 0.143. The largest absolute Gasteiger partial charge is 0.469 e. The van der Waals surface area contributed by atoms with Gasteiger partial charge in [0.2, 0.25) is 0 Å². The summed E-state index contributed by atoms with van der Waals surface area (Å²) in [7, 11) is 0. The van der Waals surface area contributed by atoms with Crippen molar-refractivity contribution in [1.82, 2.24) is 0 Å². The van der Waals surface area contributed by atoms with E-state index in [-0.39, 0.29) is 0 Å². The van der Waals surface area contributed by atoms with E-state index in [1.54, 1.807) is 23.9 Å². The zero-order valence-electron chi connectivity index (χ0n) is 9.26. The Kier molecular flexibility index (Phi) is 2.84. The van der Waals surface area contributed by atoms with Crippen LogP contribution < -0.4 is 0 Å². The second-order valence-corrected chi connectivity index (χ2v) is 4.88. The molecule has 0 radical (unpaired) electrons. The van der Waals surface area contributed by atoms with Crippen molar-refractivity contribution in [2.24, 2.45) is 0 Å². The van der Waals surface area contributed by atoms with Gasteiger partial charge in [0.05, 0.1) is 12.5 Å². The van der Waals surface area contributed by atoms with E-state index < -0.39 is 0 Å². The highest BCUT2D eigenvalue weighted by molar-refractivity contribution is 7.10. The molecule has 0 saturated heterocycles. The lowest BCUT2D eigenvalue weighted by Crippen LogP contribution is -1.90. The normalized spacial score (nSPS) is 10.8. The van der Waals surface area contributed by atoms with Crippen LogP contribution in [-0.4, -0.2) is 0 Å². The molecule has 0 aliphatic heterocycles. The van der Waals surface area contributed by atoms with E-state index in [2.05, 4.69) is 11.4 Å². The van der Waals surface area contributed by atoms with Crippen molar-refractivity contribution in [3.05, 3.63) is 70.2 Å². The van der Waals surface area contributed by atoms with Crippen molar-refractivity contribution < 1.29 is 8.83 Å². The summed E-state index contributed by atoms with van der Waals surface area (Å²) < 4.78 is 10.8. The summed E-state index contributed by atoms with van der Waals surface area (Å²) in [4.78, 5) is 1.34. The summed E-state index contributed by atoms with van der Waals surface area (Å²) >= 11 is 1.77. The van der Waals surface area contributed by atoms with Gasteiger partial charge >= 0.3 is 0 Å². The first-order valence-electron chi connectivity index (χ1n) is 5.52. The van der Waals surface area contributed by atoms with Gasteiger partial charge in [-0.25, -0.2) is 0 Å². The Bertz CT molecular complexity index is 510. The third-order valence-corrected chi connectivity index (χ3v) is 3.66. The maximum absolute atomic E-state index is 5.38. The van der Waals surface area contributed by atoms with Crippen molar-refractivity contribution >= 4 is 11.3 Å². The first-order chi connectivity index (χ1) is 8.42. The maximum Gasteiger partial charge on any atom is 0.108 e. The minimum Gasteiger partial charge on any atom is -0.469 e. The van der Waals surface area contributed by atoms with E-state index in [9.17, 15) is 0 Å². The molecule has 3 rings (SSSR count). The highest BCUT2D eigenvalue weighted by atomic mass is 32.1. The molecule has 0 atom stereocenters. The van der Waals surface area contributed by atoms with E-state index in [0.717, 1.165) is 24.4 Å². The third kappa shape index (κ3) is 2.34. The molecule has 0 bridgehead atoms. The first-order valence-corrected chi connectivity index (χ1v) is 6.40. The van der Waals surface area contributed by atoms with E-state index >= 15 is 0 Å². The van der Waals surface area contributed by atoms with Crippen LogP contribution in [0.3, 0.4) is 0 Å². The second-order valence-electron chi connectivity index (χ2n) is 3.88. The van der Waals surface area contributed by atoms with Crippen LogP contribution in [0.25, 0.3) is 0 Å². The van der Waals surface area contributed by atoms with Gasteiger partial charge in [-0.1, -0.05) is 0 Å². The molecule has 0 N–H and O–H groups in total. The molecule has 0 spiro atoms. The van der Waals surface area contributed by atoms with Crippen molar-refractivity contribution in [3.8, 4) is 0 Å². The monoisotopic (exact) mass is 244 g/mol. The summed E-state index contributed by atoms with van der Waals surface area (Å²) in [6, 6.07) is 10.0. The Morgan fingerprint density at radius 1 is 0.882 bits per heavy atom. The maximum atomic E-state index is 5.38. The highest BCUT2D eigenvalue weighted by Crippen LogP contribution is 2.23.